The Balaban J connectivity index is 1.89. The van der Waals surface area contributed by atoms with Crippen LogP contribution in [0.25, 0.3) is 0 Å². The zero-order chi connectivity index (χ0) is 13.9. The second-order valence-electron chi connectivity index (χ2n) is 6.19. The average Bonchev–Trinajstić information content (AvgIpc) is 2.84. The van der Waals surface area contributed by atoms with Crippen molar-refractivity contribution in [2.45, 2.75) is 58.3 Å². The Morgan fingerprint density at radius 2 is 2.16 bits per heavy atom. The van der Waals surface area contributed by atoms with Gasteiger partial charge in [0.25, 0.3) is 0 Å². The number of aryl methyl sites for hydroxylation is 1. The zero-order valence-corrected chi connectivity index (χ0v) is 12.9. The smallest absolute Gasteiger partial charge is 0.305 e. The summed E-state index contributed by atoms with van der Waals surface area (Å²) in [5.41, 5.74) is 1.54. The first-order valence-corrected chi connectivity index (χ1v) is 7.89. The second-order valence-corrected chi connectivity index (χ2v) is 7.08. The van der Waals surface area contributed by atoms with Crippen molar-refractivity contribution >= 4 is 17.3 Å². The molecule has 1 aliphatic rings. The van der Waals surface area contributed by atoms with Gasteiger partial charge in [0.1, 0.15) is 0 Å². The summed E-state index contributed by atoms with van der Waals surface area (Å²) >= 11 is 1.75. The predicted molar refractivity (Wildman–Crippen MR) is 77.4 cm³/mol. The van der Waals surface area contributed by atoms with Crippen molar-refractivity contribution < 1.29 is 9.53 Å². The molecule has 1 aliphatic carbocycles. The predicted octanol–water partition coefficient (Wildman–Crippen LogP) is 3.93. The molecule has 0 N–H and O–H groups in total. The first-order valence-electron chi connectivity index (χ1n) is 7.01. The Hall–Kier alpha value is -0.900. The molecule has 1 fully saturated rings. The quantitative estimate of drug-likeness (QED) is 0.785. The van der Waals surface area contributed by atoms with E-state index in [1.165, 1.54) is 37.8 Å². The lowest BCUT2D eigenvalue weighted by Crippen LogP contribution is -2.20. The molecule has 0 unspecified atom stereocenters. The molecule has 106 valence electrons. The van der Waals surface area contributed by atoms with Gasteiger partial charge < -0.3 is 4.74 Å². The van der Waals surface area contributed by atoms with Crippen LogP contribution in [0.15, 0.2) is 5.38 Å². The molecule has 1 saturated carbocycles. The highest BCUT2D eigenvalue weighted by atomic mass is 32.1. The Bertz CT molecular complexity index is 429. The van der Waals surface area contributed by atoms with E-state index in [4.69, 9.17) is 4.98 Å². The molecule has 1 heterocycles. The van der Waals surface area contributed by atoms with Gasteiger partial charge in [0.15, 0.2) is 0 Å². The molecule has 3 nitrogen and oxygen atoms in total. The number of hydrogen-bond acceptors (Lipinski definition) is 4. The maximum absolute atomic E-state index is 11.1. The van der Waals surface area contributed by atoms with Gasteiger partial charge >= 0.3 is 5.97 Å². The topological polar surface area (TPSA) is 39.2 Å². The molecule has 0 amide bonds. The lowest BCUT2D eigenvalue weighted by Gasteiger charge is -2.33. The fourth-order valence-corrected chi connectivity index (χ4v) is 3.63. The normalized spacial score (nSPS) is 19.3. The highest BCUT2D eigenvalue weighted by Gasteiger charge is 2.28. The number of rotatable bonds is 4. The van der Waals surface area contributed by atoms with Gasteiger partial charge in [-0.3, -0.25) is 4.79 Å². The number of carbonyl (C=O) groups excluding carboxylic acids is 1. The zero-order valence-electron chi connectivity index (χ0n) is 12.1. The summed E-state index contributed by atoms with van der Waals surface area (Å²) in [5.74, 6) is 0.471. The summed E-state index contributed by atoms with van der Waals surface area (Å²) in [5, 5.41) is 3.35. The van der Waals surface area contributed by atoms with Crippen molar-refractivity contribution in [1.82, 2.24) is 4.98 Å². The molecule has 1 aromatic heterocycles. The molecule has 4 heteroatoms. The molecular formula is C15H23NO2S. The largest absolute Gasteiger partial charge is 0.469 e. The summed E-state index contributed by atoms with van der Waals surface area (Å²) < 4.78 is 4.65. The lowest BCUT2D eigenvalue weighted by molar-refractivity contribution is -0.140. The first kappa shape index (κ1) is 14.5. The number of carbonyl (C=O) groups is 1. The van der Waals surface area contributed by atoms with Gasteiger partial charge in [-0.15, -0.1) is 11.3 Å². The van der Waals surface area contributed by atoms with Crippen LogP contribution in [0, 0.1) is 5.41 Å². The van der Waals surface area contributed by atoms with Crippen molar-refractivity contribution in [3.8, 4) is 0 Å². The highest BCUT2D eigenvalue weighted by molar-refractivity contribution is 7.09. The minimum absolute atomic E-state index is 0.158. The van der Waals surface area contributed by atoms with Crippen molar-refractivity contribution in [1.29, 1.82) is 0 Å². The number of thiazole rings is 1. The molecule has 19 heavy (non-hydrogen) atoms. The number of nitrogens with zero attached hydrogens (tertiary/aromatic N) is 1. The van der Waals surface area contributed by atoms with Gasteiger partial charge in [-0.1, -0.05) is 13.8 Å². The lowest BCUT2D eigenvalue weighted by atomic mass is 9.73. The van der Waals surface area contributed by atoms with Crippen molar-refractivity contribution in [3.05, 3.63) is 16.1 Å². The van der Waals surface area contributed by atoms with Crippen LogP contribution in [0.3, 0.4) is 0 Å². The number of esters is 1. The standard InChI is InChI=1S/C15H23NO2S/c1-15(2)8-6-11(7-9-15)14-16-12(10-19-14)4-5-13(17)18-3/h10-11H,4-9H2,1-3H3. The maximum atomic E-state index is 11.1. The fourth-order valence-electron chi connectivity index (χ4n) is 2.60. The molecule has 0 atom stereocenters. The molecule has 2 rings (SSSR count). The van der Waals surface area contributed by atoms with Gasteiger partial charge in [-0.25, -0.2) is 4.98 Å². The Morgan fingerprint density at radius 3 is 2.79 bits per heavy atom. The molecule has 0 bridgehead atoms. The van der Waals surface area contributed by atoms with Crippen molar-refractivity contribution in [2.75, 3.05) is 7.11 Å². The molecule has 0 spiro atoms. The summed E-state index contributed by atoms with van der Waals surface area (Å²) in [6.45, 7) is 4.71. The molecule has 0 aromatic carbocycles. The van der Waals surface area contributed by atoms with Crippen LogP contribution in [0.4, 0.5) is 0 Å². The van der Waals surface area contributed by atoms with Gasteiger partial charge in [0.05, 0.1) is 24.2 Å². The average molecular weight is 281 g/mol. The third kappa shape index (κ3) is 4.03. The summed E-state index contributed by atoms with van der Waals surface area (Å²) in [4.78, 5) is 15.8. The van der Waals surface area contributed by atoms with E-state index in [1.807, 2.05) is 0 Å². The minimum Gasteiger partial charge on any atom is -0.469 e. The monoisotopic (exact) mass is 281 g/mol. The summed E-state index contributed by atoms with van der Waals surface area (Å²) in [6.07, 6.45) is 6.19. The minimum atomic E-state index is -0.158. The van der Waals surface area contributed by atoms with Crippen LogP contribution < -0.4 is 0 Å². The van der Waals surface area contributed by atoms with Gasteiger partial charge in [0.2, 0.25) is 0 Å². The third-order valence-electron chi connectivity index (χ3n) is 4.07. The molecular weight excluding hydrogens is 258 g/mol. The van der Waals surface area contributed by atoms with E-state index in [0.29, 0.717) is 24.2 Å². The van der Waals surface area contributed by atoms with E-state index < -0.39 is 0 Å². The van der Waals surface area contributed by atoms with Gasteiger partial charge in [0, 0.05) is 17.7 Å². The van der Waals surface area contributed by atoms with Crippen LogP contribution in [0.1, 0.15) is 62.6 Å². The molecule has 1 aromatic rings. The first-order chi connectivity index (χ1) is 9.00. The Kier molecular flexibility index (Phi) is 4.61. The molecule has 0 aliphatic heterocycles. The maximum Gasteiger partial charge on any atom is 0.305 e. The van der Waals surface area contributed by atoms with Gasteiger partial charge in [-0.2, -0.15) is 0 Å². The molecule has 0 saturated heterocycles. The van der Waals surface area contributed by atoms with Crippen LogP contribution in [-0.2, 0) is 16.0 Å². The van der Waals surface area contributed by atoms with Crippen LogP contribution >= 0.6 is 11.3 Å². The SMILES string of the molecule is COC(=O)CCc1csc(C2CCC(C)(C)CC2)n1. The van der Waals surface area contributed by atoms with E-state index >= 15 is 0 Å². The second kappa shape index (κ2) is 6.04. The fraction of sp³-hybridized carbons (Fsp3) is 0.733. The van der Waals surface area contributed by atoms with Crippen LogP contribution in [0.2, 0.25) is 0 Å². The Labute approximate surface area is 119 Å². The summed E-state index contributed by atoms with van der Waals surface area (Å²) in [6, 6.07) is 0. The van der Waals surface area contributed by atoms with E-state index in [-0.39, 0.29) is 5.97 Å². The van der Waals surface area contributed by atoms with Gasteiger partial charge in [-0.05, 0) is 31.1 Å². The highest BCUT2D eigenvalue weighted by Crippen LogP contribution is 2.43. The van der Waals surface area contributed by atoms with Crippen molar-refractivity contribution in [2.24, 2.45) is 5.41 Å². The van der Waals surface area contributed by atoms with Crippen LogP contribution in [-0.4, -0.2) is 18.1 Å². The Morgan fingerprint density at radius 1 is 1.47 bits per heavy atom. The van der Waals surface area contributed by atoms with E-state index in [0.717, 1.165) is 5.69 Å². The summed E-state index contributed by atoms with van der Waals surface area (Å²) in [7, 11) is 1.43. The van der Waals surface area contributed by atoms with E-state index in [2.05, 4.69) is 24.0 Å². The number of hydrogen-bond donors (Lipinski definition) is 0. The van der Waals surface area contributed by atoms with E-state index in [9.17, 15) is 4.79 Å². The molecule has 0 radical (unpaired) electrons. The van der Waals surface area contributed by atoms with Crippen molar-refractivity contribution in [3.63, 3.8) is 0 Å². The number of aromatic nitrogens is 1. The van der Waals surface area contributed by atoms with Crippen LogP contribution in [0.5, 0.6) is 0 Å². The number of methoxy groups -OCH3 is 1. The number of ether oxygens (including phenoxy) is 1. The van der Waals surface area contributed by atoms with E-state index in [1.54, 1.807) is 11.3 Å². The third-order valence-corrected chi connectivity index (χ3v) is 5.13.